The second-order valence-corrected chi connectivity index (χ2v) is 4.32. The summed E-state index contributed by atoms with van der Waals surface area (Å²) in [5, 5.41) is 0. The summed E-state index contributed by atoms with van der Waals surface area (Å²) in [7, 11) is 0. The summed E-state index contributed by atoms with van der Waals surface area (Å²) in [5.74, 6) is 0. The van der Waals surface area contributed by atoms with Crippen LogP contribution in [0.5, 0.6) is 0 Å². The van der Waals surface area contributed by atoms with Crippen molar-refractivity contribution in [3.05, 3.63) is 0 Å². The van der Waals surface area contributed by atoms with Crippen molar-refractivity contribution in [2.75, 3.05) is 13.1 Å². The predicted octanol–water partition coefficient (Wildman–Crippen LogP) is 1.38. The molecule has 0 aromatic carbocycles. The third kappa shape index (κ3) is 1.93. The lowest BCUT2D eigenvalue weighted by Crippen LogP contribution is -2.45. The van der Waals surface area contributed by atoms with E-state index in [2.05, 4.69) is 11.8 Å². The molecule has 72 valence electrons. The minimum absolute atomic E-state index is 0. The Morgan fingerprint density at radius 1 is 1.25 bits per heavy atom. The number of nitrogens with two attached hydrogens (primary N) is 1. The first kappa shape index (κ1) is 10.3. The number of hydrogen-bond acceptors (Lipinski definition) is 2. The van der Waals surface area contributed by atoms with Crippen LogP contribution in [0, 0.1) is 0 Å². The van der Waals surface area contributed by atoms with Crippen molar-refractivity contribution >= 4 is 12.4 Å². The molecule has 0 aromatic rings. The van der Waals surface area contributed by atoms with Gasteiger partial charge in [-0.3, -0.25) is 4.90 Å². The second-order valence-electron chi connectivity index (χ2n) is 4.32. The van der Waals surface area contributed by atoms with Crippen LogP contribution in [0.2, 0.25) is 0 Å². The maximum absolute atomic E-state index is 5.83. The Kier molecular flexibility index (Phi) is 3.02. The summed E-state index contributed by atoms with van der Waals surface area (Å²) in [6, 6.07) is 0.480. The van der Waals surface area contributed by atoms with E-state index in [0.29, 0.717) is 11.6 Å². The molecule has 1 saturated carbocycles. The molecule has 2 N–H and O–H groups in total. The van der Waals surface area contributed by atoms with Crippen molar-refractivity contribution in [3.63, 3.8) is 0 Å². The van der Waals surface area contributed by atoms with E-state index in [-0.39, 0.29) is 12.4 Å². The van der Waals surface area contributed by atoms with Gasteiger partial charge in [0, 0.05) is 24.7 Å². The Morgan fingerprint density at radius 3 is 2.17 bits per heavy atom. The highest BCUT2D eigenvalue weighted by Crippen LogP contribution is 2.42. The van der Waals surface area contributed by atoms with Crippen LogP contribution in [0.4, 0.5) is 0 Å². The van der Waals surface area contributed by atoms with Gasteiger partial charge in [0.25, 0.3) is 0 Å². The molecule has 2 nitrogen and oxygen atoms in total. The molecule has 1 aliphatic heterocycles. The molecule has 0 spiro atoms. The number of nitrogens with zero attached hydrogens (tertiary/aromatic N) is 1. The minimum atomic E-state index is 0. The maximum Gasteiger partial charge on any atom is 0.0182 e. The van der Waals surface area contributed by atoms with E-state index in [4.69, 9.17) is 5.73 Å². The van der Waals surface area contributed by atoms with Gasteiger partial charge < -0.3 is 5.73 Å². The Labute approximate surface area is 80.9 Å². The van der Waals surface area contributed by atoms with Crippen molar-refractivity contribution in [1.29, 1.82) is 0 Å². The van der Waals surface area contributed by atoms with E-state index in [1.807, 2.05) is 0 Å². The quantitative estimate of drug-likeness (QED) is 0.677. The average molecular weight is 191 g/mol. The predicted molar refractivity (Wildman–Crippen MR) is 53.7 cm³/mol. The molecule has 0 atom stereocenters. The number of piperidine rings is 1. The zero-order valence-corrected chi connectivity index (χ0v) is 8.57. The Morgan fingerprint density at radius 2 is 1.75 bits per heavy atom. The second kappa shape index (κ2) is 3.52. The van der Waals surface area contributed by atoms with E-state index in [9.17, 15) is 0 Å². The number of hydrogen-bond donors (Lipinski definition) is 1. The Hall–Kier alpha value is 0.210. The summed E-state index contributed by atoms with van der Waals surface area (Å²) in [4.78, 5) is 2.62. The largest absolute Gasteiger partial charge is 0.328 e. The first-order valence-corrected chi connectivity index (χ1v) is 4.71. The summed E-state index contributed by atoms with van der Waals surface area (Å²) in [6.45, 7) is 4.85. The van der Waals surface area contributed by atoms with Gasteiger partial charge in [-0.05, 0) is 32.6 Å². The first-order valence-electron chi connectivity index (χ1n) is 4.71. The van der Waals surface area contributed by atoms with Gasteiger partial charge in [-0.15, -0.1) is 12.4 Å². The van der Waals surface area contributed by atoms with Gasteiger partial charge in [-0.2, -0.15) is 0 Å². The fourth-order valence-electron chi connectivity index (χ4n) is 1.94. The molecule has 0 bridgehead atoms. The maximum atomic E-state index is 5.83. The van der Waals surface area contributed by atoms with Crippen LogP contribution >= 0.6 is 12.4 Å². The monoisotopic (exact) mass is 190 g/mol. The summed E-state index contributed by atoms with van der Waals surface area (Å²) in [6.07, 6.45) is 5.22. The first-order chi connectivity index (χ1) is 5.21. The lowest BCUT2D eigenvalue weighted by atomic mass is 10.0. The van der Waals surface area contributed by atoms with Gasteiger partial charge in [-0.25, -0.2) is 0 Å². The van der Waals surface area contributed by atoms with Crippen LogP contribution in [-0.4, -0.2) is 29.6 Å². The number of halogens is 1. The number of likely N-dealkylation sites (tertiary alicyclic amines) is 1. The fraction of sp³-hybridized carbons (Fsp3) is 1.00. The van der Waals surface area contributed by atoms with Gasteiger partial charge in [0.2, 0.25) is 0 Å². The molecule has 2 rings (SSSR count). The molecule has 12 heavy (non-hydrogen) atoms. The topological polar surface area (TPSA) is 29.3 Å². The van der Waals surface area contributed by atoms with Gasteiger partial charge in [0.15, 0.2) is 0 Å². The normalized spacial score (nSPS) is 29.5. The Balaban J connectivity index is 0.000000720. The molecule has 2 aliphatic rings. The summed E-state index contributed by atoms with van der Waals surface area (Å²) < 4.78 is 0. The smallest absolute Gasteiger partial charge is 0.0182 e. The lowest BCUT2D eigenvalue weighted by Gasteiger charge is -2.35. The molecule has 1 saturated heterocycles. The highest BCUT2D eigenvalue weighted by Gasteiger charge is 2.43. The van der Waals surface area contributed by atoms with Gasteiger partial charge >= 0.3 is 0 Å². The van der Waals surface area contributed by atoms with E-state index in [1.165, 1.54) is 38.8 Å². The van der Waals surface area contributed by atoms with Crippen molar-refractivity contribution in [3.8, 4) is 0 Å². The zero-order chi connectivity index (χ0) is 7.90. The van der Waals surface area contributed by atoms with Crippen LogP contribution < -0.4 is 5.73 Å². The highest BCUT2D eigenvalue weighted by molar-refractivity contribution is 5.85. The van der Waals surface area contributed by atoms with Crippen LogP contribution in [0.1, 0.15) is 32.6 Å². The average Bonchev–Trinajstić information content (AvgIpc) is 2.70. The van der Waals surface area contributed by atoms with Gasteiger partial charge in [-0.1, -0.05) is 0 Å². The van der Waals surface area contributed by atoms with E-state index in [1.54, 1.807) is 0 Å². The van der Waals surface area contributed by atoms with Crippen molar-refractivity contribution in [1.82, 2.24) is 4.90 Å². The van der Waals surface area contributed by atoms with Crippen LogP contribution in [-0.2, 0) is 0 Å². The summed E-state index contributed by atoms with van der Waals surface area (Å²) in [5.41, 5.74) is 6.42. The molecule has 0 aromatic heterocycles. The third-order valence-electron chi connectivity index (χ3n) is 3.28. The van der Waals surface area contributed by atoms with Crippen molar-refractivity contribution in [2.24, 2.45) is 5.73 Å². The molecule has 2 fully saturated rings. The third-order valence-corrected chi connectivity index (χ3v) is 3.28. The highest BCUT2D eigenvalue weighted by atomic mass is 35.5. The molecule has 0 amide bonds. The molecule has 0 unspecified atom stereocenters. The Bertz CT molecular complexity index is 149. The standard InChI is InChI=1S/C9H18N2.ClH/c1-9(4-5-9)11-6-2-8(10)3-7-11;/h8H,2-7,10H2,1H3;1H. The molecule has 1 aliphatic carbocycles. The zero-order valence-electron chi connectivity index (χ0n) is 7.75. The lowest BCUT2D eigenvalue weighted by molar-refractivity contribution is 0.147. The number of rotatable bonds is 1. The fourth-order valence-corrected chi connectivity index (χ4v) is 1.94. The van der Waals surface area contributed by atoms with Crippen molar-refractivity contribution < 1.29 is 0 Å². The molecule has 1 heterocycles. The summed E-state index contributed by atoms with van der Waals surface area (Å²) >= 11 is 0. The van der Waals surface area contributed by atoms with Gasteiger partial charge in [0.1, 0.15) is 0 Å². The minimum Gasteiger partial charge on any atom is -0.328 e. The van der Waals surface area contributed by atoms with Crippen LogP contribution in [0.3, 0.4) is 0 Å². The molecular weight excluding hydrogens is 172 g/mol. The molecular formula is C9H19ClN2. The van der Waals surface area contributed by atoms with E-state index >= 15 is 0 Å². The SMILES string of the molecule is CC1(N2CCC(N)CC2)CC1.Cl. The van der Waals surface area contributed by atoms with Crippen molar-refractivity contribution in [2.45, 2.75) is 44.2 Å². The van der Waals surface area contributed by atoms with E-state index in [0.717, 1.165) is 0 Å². The van der Waals surface area contributed by atoms with Crippen LogP contribution in [0.15, 0.2) is 0 Å². The van der Waals surface area contributed by atoms with E-state index < -0.39 is 0 Å². The van der Waals surface area contributed by atoms with Crippen LogP contribution in [0.25, 0.3) is 0 Å². The van der Waals surface area contributed by atoms with Gasteiger partial charge in [0.05, 0.1) is 0 Å². The molecule has 0 radical (unpaired) electrons. The molecule has 3 heteroatoms.